The molecule has 8 aliphatic carbocycles. The monoisotopic (exact) mass is 725 g/mol. The van der Waals surface area contributed by atoms with Crippen LogP contribution in [0.15, 0.2) is 127 Å². The summed E-state index contributed by atoms with van der Waals surface area (Å²) in [6, 6.07) is 50.7. The summed E-state index contributed by atoms with van der Waals surface area (Å²) >= 11 is 0. The zero-order valence-corrected chi connectivity index (χ0v) is 33.0. The summed E-state index contributed by atoms with van der Waals surface area (Å²) in [5, 5.41) is 0. The average Bonchev–Trinajstić information content (AvgIpc) is 3.76. The van der Waals surface area contributed by atoms with E-state index < -0.39 is 0 Å². The first kappa shape index (κ1) is 32.2. The standard InChI is InChI=1S/C55H51N/c1-53(2)45-16-7-4-14-41(45)44-32-38(22-24-46(44)53)56(39-21-23-42-40-13-5-8-17-47(40)54(50(42)33-39)25-10-3-11-26-54)51-20-12-19-49-52(51)43-15-6-9-18-48(43)55(49)36-28-34-27-35(30-36)31-37(55)29-34/h4-9,12-24,32-37H,3,10-11,25-31H2,1-2H3. The summed E-state index contributed by atoms with van der Waals surface area (Å²) in [5.74, 6) is 3.35. The van der Waals surface area contributed by atoms with E-state index in [2.05, 4.69) is 146 Å². The molecule has 0 atom stereocenters. The Morgan fingerprint density at radius 1 is 0.446 bits per heavy atom. The molecule has 1 heteroatoms. The fourth-order valence-corrected chi connectivity index (χ4v) is 14.9. The van der Waals surface area contributed by atoms with E-state index in [1.54, 1.807) is 22.3 Å². The third-order valence-electron chi connectivity index (χ3n) is 16.8. The van der Waals surface area contributed by atoms with Crippen molar-refractivity contribution in [3.63, 3.8) is 0 Å². The second-order valence-corrected chi connectivity index (χ2v) is 19.6. The predicted molar refractivity (Wildman–Crippen MR) is 231 cm³/mol. The summed E-state index contributed by atoms with van der Waals surface area (Å²) in [7, 11) is 0. The van der Waals surface area contributed by atoms with Crippen LogP contribution in [0, 0.1) is 23.7 Å². The molecule has 0 aromatic heterocycles. The highest BCUT2D eigenvalue weighted by molar-refractivity contribution is 5.97. The molecule has 0 saturated heterocycles. The van der Waals surface area contributed by atoms with Gasteiger partial charge >= 0.3 is 0 Å². The van der Waals surface area contributed by atoms with Crippen LogP contribution >= 0.6 is 0 Å². The number of hydrogen-bond donors (Lipinski definition) is 0. The normalized spacial score (nSPS) is 27.1. The van der Waals surface area contributed by atoms with Gasteiger partial charge in [-0.05, 0) is 160 Å². The number of anilines is 3. The van der Waals surface area contributed by atoms with Gasteiger partial charge in [0.1, 0.15) is 0 Å². The molecule has 8 aliphatic rings. The first-order valence-corrected chi connectivity index (χ1v) is 22.0. The summed E-state index contributed by atoms with van der Waals surface area (Å²) in [6.45, 7) is 4.81. The smallest absolute Gasteiger partial charge is 0.0543 e. The Morgan fingerprint density at radius 2 is 1.02 bits per heavy atom. The maximum atomic E-state index is 2.69. The van der Waals surface area contributed by atoms with Gasteiger partial charge in [0.05, 0.1) is 5.69 Å². The lowest BCUT2D eigenvalue weighted by Gasteiger charge is -2.61. The minimum absolute atomic E-state index is 0.0270. The molecule has 5 saturated carbocycles. The van der Waals surface area contributed by atoms with Gasteiger partial charge in [0, 0.05) is 33.2 Å². The fourth-order valence-electron chi connectivity index (χ4n) is 14.9. The van der Waals surface area contributed by atoms with Crippen molar-refractivity contribution in [2.24, 2.45) is 23.7 Å². The van der Waals surface area contributed by atoms with Gasteiger partial charge in [-0.2, -0.15) is 0 Å². The van der Waals surface area contributed by atoms with Gasteiger partial charge in [-0.3, -0.25) is 0 Å². The van der Waals surface area contributed by atoms with Crippen LogP contribution in [-0.4, -0.2) is 0 Å². The molecule has 56 heavy (non-hydrogen) atoms. The highest BCUT2D eigenvalue weighted by Gasteiger charge is 2.62. The van der Waals surface area contributed by atoms with E-state index in [0.717, 1.165) is 23.7 Å². The van der Waals surface area contributed by atoms with Gasteiger partial charge in [0.15, 0.2) is 0 Å². The Morgan fingerprint density at radius 3 is 1.77 bits per heavy atom. The molecule has 0 N–H and O–H groups in total. The molecule has 1 nitrogen and oxygen atoms in total. The minimum atomic E-state index is -0.0270. The van der Waals surface area contributed by atoms with Crippen molar-refractivity contribution < 1.29 is 0 Å². The predicted octanol–water partition coefficient (Wildman–Crippen LogP) is 14.4. The molecule has 276 valence electrons. The lowest BCUT2D eigenvalue weighted by Crippen LogP contribution is -2.55. The second-order valence-electron chi connectivity index (χ2n) is 19.6. The van der Waals surface area contributed by atoms with Crippen LogP contribution in [0.5, 0.6) is 0 Å². The average molecular weight is 726 g/mol. The van der Waals surface area contributed by atoms with Gasteiger partial charge in [-0.15, -0.1) is 0 Å². The first-order valence-electron chi connectivity index (χ1n) is 22.0. The molecule has 0 unspecified atom stereocenters. The molecule has 0 aliphatic heterocycles. The molecule has 14 rings (SSSR count). The van der Waals surface area contributed by atoms with Crippen LogP contribution in [-0.2, 0) is 16.2 Å². The van der Waals surface area contributed by atoms with E-state index in [1.807, 2.05) is 0 Å². The van der Waals surface area contributed by atoms with Crippen molar-refractivity contribution in [2.75, 3.05) is 4.90 Å². The Kier molecular flexibility index (Phi) is 6.42. The molecular formula is C55H51N. The van der Waals surface area contributed by atoms with E-state index >= 15 is 0 Å². The largest absolute Gasteiger partial charge is 0.310 e. The lowest BCUT2D eigenvalue weighted by atomic mass is 9.43. The van der Waals surface area contributed by atoms with E-state index in [-0.39, 0.29) is 16.2 Å². The number of fused-ring (bicyclic) bond motifs is 11. The number of benzene rings is 6. The van der Waals surface area contributed by atoms with Crippen molar-refractivity contribution in [2.45, 2.75) is 94.3 Å². The van der Waals surface area contributed by atoms with Crippen molar-refractivity contribution in [3.8, 4) is 33.4 Å². The molecular weight excluding hydrogens is 675 g/mol. The molecule has 6 aromatic rings. The molecule has 2 spiro atoms. The Bertz CT molecular complexity index is 2600. The van der Waals surface area contributed by atoms with Crippen LogP contribution in [0.1, 0.15) is 111 Å². The van der Waals surface area contributed by atoms with Crippen LogP contribution in [0.25, 0.3) is 33.4 Å². The highest BCUT2D eigenvalue weighted by atomic mass is 15.1. The third-order valence-corrected chi connectivity index (χ3v) is 16.8. The zero-order chi connectivity index (χ0) is 37.0. The first-order chi connectivity index (χ1) is 27.5. The maximum absolute atomic E-state index is 2.69. The van der Waals surface area contributed by atoms with Gasteiger partial charge in [0.2, 0.25) is 0 Å². The molecule has 5 fully saturated rings. The Balaban J connectivity index is 1.07. The zero-order valence-electron chi connectivity index (χ0n) is 33.0. The molecule has 0 amide bonds. The molecule has 0 heterocycles. The van der Waals surface area contributed by atoms with Crippen LogP contribution in [0.3, 0.4) is 0 Å². The summed E-state index contributed by atoms with van der Waals surface area (Å²) in [5.41, 5.74) is 22.0. The number of hydrogen-bond acceptors (Lipinski definition) is 1. The topological polar surface area (TPSA) is 3.24 Å². The quantitative estimate of drug-likeness (QED) is 0.176. The maximum Gasteiger partial charge on any atom is 0.0543 e. The highest BCUT2D eigenvalue weighted by Crippen LogP contribution is 2.70. The summed E-state index contributed by atoms with van der Waals surface area (Å²) < 4.78 is 0. The van der Waals surface area contributed by atoms with E-state index in [4.69, 9.17) is 0 Å². The second kappa shape index (κ2) is 11.2. The van der Waals surface area contributed by atoms with Gasteiger partial charge in [0.25, 0.3) is 0 Å². The van der Waals surface area contributed by atoms with Gasteiger partial charge in [-0.1, -0.05) is 130 Å². The summed E-state index contributed by atoms with van der Waals surface area (Å²) in [6.07, 6.45) is 13.5. The van der Waals surface area contributed by atoms with E-state index in [9.17, 15) is 0 Å². The number of nitrogens with zero attached hydrogens (tertiary/aromatic N) is 1. The van der Waals surface area contributed by atoms with Gasteiger partial charge in [-0.25, -0.2) is 0 Å². The van der Waals surface area contributed by atoms with Crippen molar-refractivity contribution in [1.29, 1.82) is 0 Å². The third kappa shape index (κ3) is 3.93. The van der Waals surface area contributed by atoms with Gasteiger partial charge < -0.3 is 4.90 Å². The van der Waals surface area contributed by atoms with Crippen molar-refractivity contribution in [1.82, 2.24) is 0 Å². The molecule has 0 radical (unpaired) electrons. The molecule has 4 bridgehead atoms. The summed E-state index contributed by atoms with van der Waals surface area (Å²) in [4.78, 5) is 2.69. The van der Waals surface area contributed by atoms with Crippen molar-refractivity contribution >= 4 is 17.1 Å². The van der Waals surface area contributed by atoms with Crippen molar-refractivity contribution in [3.05, 3.63) is 161 Å². The minimum Gasteiger partial charge on any atom is -0.310 e. The van der Waals surface area contributed by atoms with Crippen LogP contribution in [0.4, 0.5) is 17.1 Å². The van der Waals surface area contributed by atoms with E-state index in [1.165, 1.54) is 126 Å². The SMILES string of the molecule is CC1(C)c2ccccc2-c2cc(N(c3ccc4c(c3)C3(CCCCC3)c3ccccc3-4)c3cccc4c3-c3ccccc3C43C4CC5CC(C4)CC3C5)ccc21. The Hall–Kier alpha value is -4.88. The molecule has 6 aromatic carbocycles. The van der Waals surface area contributed by atoms with Crippen LogP contribution in [0.2, 0.25) is 0 Å². The fraction of sp³-hybridized carbons (Fsp3) is 0.345. The Labute approximate surface area is 332 Å². The van der Waals surface area contributed by atoms with Crippen LogP contribution < -0.4 is 4.90 Å². The lowest BCUT2D eigenvalue weighted by molar-refractivity contribution is -0.0399. The number of rotatable bonds is 3. The van der Waals surface area contributed by atoms with E-state index in [0.29, 0.717) is 0 Å².